The first-order valence-electron chi connectivity index (χ1n) is 5.36. The Hall–Kier alpha value is 0.210. The highest BCUT2D eigenvalue weighted by atomic mass is 35.5. The van der Waals surface area contributed by atoms with Crippen molar-refractivity contribution in [2.24, 2.45) is 16.6 Å². The zero-order chi connectivity index (χ0) is 11.2. The molecule has 0 saturated carbocycles. The maximum Gasteiger partial charge on any atom is 0.0113 e. The minimum absolute atomic E-state index is 0.334. The smallest absolute Gasteiger partial charge is 0.0113 e. The van der Waals surface area contributed by atoms with Gasteiger partial charge in [-0.3, -0.25) is 0 Å². The van der Waals surface area contributed by atoms with E-state index in [0.717, 1.165) is 25.9 Å². The van der Waals surface area contributed by atoms with Crippen LogP contribution in [0.4, 0.5) is 0 Å². The molecule has 0 atom stereocenters. The summed E-state index contributed by atoms with van der Waals surface area (Å²) in [7, 11) is 0. The van der Waals surface area contributed by atoms with Crippen molar-refractivity contribution in [3.05, 3.63) is 0 Å². The van der Waals surface area contributed by atoms with Crippen LogP contribution in [0, 0.1) is 10.8 Å². The summed E-state index contributed by atoms with van der Waals surface area (Å²) in [4.78, 5) is 2.69. The molecular weight excluding hydrogens is 196 g/mol. The molecule has 0 saturated heterocycles. The van der Waals surface area contributed by atoms with Crippen LogP contribution in [0.1, 0.15) is 47.0 Å². The van der Waals surface area contributed by atoms with E-state index in [0.29, 0.717) is 10.8 Å². The molecule has 0 aromatic carbocycles. The zero-order valence-corrected chi connectivity index (χ0v) is 10.7. The lowest BCUT2D eigenvalue weighted by Gasteiger charge is -2.34. The molecule has 3 N–H and O–H groups in total. The van der Waals surface area contributed by atoms with Gasteiger partial charge >= 0.3 is 0 Å². The normalized spacial score (nSPS) is 13.3. The Morgan fingerprint density at radius 1 is 1.07 bits per heavy atom. The van der Waals surface area contributed by atoms with Crippen LogP contribution in [0.3, 0.4) is 0 Å². The van der Waals surface area contributed by atoms with Crippen LogP contribution >= 0.6 is 11.8 Å². The van der Waals surface area contributed by atoms with E-state index in [1.54, 1.807) is 0 Å². The molecule has 86 valence electrons. The highest BCUT2D eigenvalue weighted by molar-refractivity contribution is 6.13. The molecule has 0 rings (SSSR count). The summed E-state index contributed by atoms with van der Waals surface area (Å²) in [5.74, 6) is 0. The van der Waals surface area contributed by atoms with E-state index < -0.39 is 0 Å². The summed E-state index contributed by atoms with van der Waals surface area (Å²) >= 11 is 5.47. The Morgan fingerprint density at radius 2 is 1.57 bits per heavy atom. The quantitative estimate of drug-likeness (QED) is 0.648. The highest BCUT2D eigenvalue weighted by Crippen LogP contribution is 2.37. The first-order valence-corrected chi connectivity index (χ1v) is 5.74. The molecule has 0 aromatic heterocycles. The Kier molecular flexibility index (Phi) is 6.03. The van der Waals surface area contributed by atoms with Gasteiger partial charge in [-0.2, -0.15) is 0 Å². The van der Waals surface area contributed by atoms with Gasteiger partial charge in [0, 0.05) is 6.54 Å². The van der Waals surface area contributed by atoms with Crippen molar-refractivity contribution in [1.82, 2.24) is 4.84 Å². The Balaban J connectivity index is 4.05. The van der Waals surface area contributed by atoms with Crippen molar-refractivity contribution in [3.63, 3.8) is 0 Å². The molecule has 0 fully saturated rings. The zero-order valence-electron chi connectivity index (χ0n) is 9.99. The molecule has 14 heavy (non-hydrogen) atoms. The molecule has 0 aliphatic carbocycles. The van der Waals surface area contributed by atoms with Gasteiger partial charge in [-0.1, -0.05) is 27.7 Å². The summed E-state index contributed by atoms with van der Waals surface area (Å²) in [6.45, 7) is 10.8. The van der Waals surface area contributed by atoms with E-state index >= 15 is 0 Å². The Bertz CT molecular complexity index is 155. The average molecular weight is 221 g/mol. The highest BCUT2D eigenvalue weighted by Gasteiger charge is 2.27. The third-order valence-electron chi connectivity index (χ3n) is 2.67. The number of rotatable bonds is 7. The lowest BCUT2D eigenvalue weighted by molar-refractivity contribution is 0.175. The maximum atomic E-state index is 5.60. The van der Waals surface area contributed by atoms with Crippen LogP contribution in [-0.2, 0) is 0 Å². The van der Waals surface area contributed by atoms with Crippen LogP contribution in [0.25, 0.3) is 0 Å². The van der Waals surface area contributed by atoms with Crippen LogP contribution in [0.2, 0.25) is 0 Å². The van der Waals surface area contributed by atoms with E-state index in [9.17, 15) is 0 Å². The van der Waals surface area contributed by atoms with Gasteiger partial charge in [0.15, 0.2) is 0 Å². The minimum Gasteiger partial charge on any atom is -0.330 e. The maximum absolute atomic E-state index is 5.60. The third-order valence-corrected chi connectivity index (χ3v) is 2.86. The standard InChI is InChI=1S/C11H25ClN2/c1-10(2,5-7-13)9-11(3,4)6-8-14-12/h14H,5-9,13H2,1-4H3. The SMILES string of the molecule is CC(C)(CCN)CC(C)(C)CCNCl. The van der Waals surface area contributed by atoms with Crippen LogP contribution in [0.5, 0.6) is 0 Å². The van der Waals surface area contributed by atoms with E-state index in [1.165, 1.54) is 6.42 Å². The molecule has 0 heterocycles. The van der Waals surface area contributed by atoms with Crippen molar-refractivity contribution >= 4 is 11.8 Å². The molecule has 0 bridgehead atoms. The second-order valence-electron chi connectivity index (χ2n) is 5.68. The van der Waals surface area contributed by atoms with Crippen molar-refractivity contribution < 1.29 is 0 Å². The molecule has 0 aliphatic rings. The Labute approximate surface area is 93.7 Å². The molecule has 0 aliphatic heterocycles. The predicted octanol–water partition coefficient (Wildman–Crippen LogP) is 2.91. The molecule has 0 radical (unpaired) electrons. The van der Waals surface area contributed by atoms with Gasteiger partial charge in [0.2, 0.25) is 0 Å². The van der Waals surface area contributed by atoms with Gasteiger partial charge in [-0.05, 0) is 48.4 Å². The Morgan fingerprint density at radius 3 is 2.00 bits per heavy atom. The van der Waals surface area contributed by atoms with Crippen molar-refractivity contribution in [1.29, 1.82) is 0 Å². The summed E-state index contributed by atoms with van der Waals surface area (Å²) in [5, 5.41) is 0. The van der Waals surface area contributed by atoms with Gasteiger partial charge in [0.25, 0.3) is 0 Å². The van der Waals surface area contributed by atoms with Gasteiger partial charge < -0.3 is 5.73 Å². The molecule has 2 nitrogen and oxygen atoms in total. The summed E-state index contributed by atoms with van der Waals surface area (Å²) in [6, 6.07) is 0. The number of nitrogens with two attached hydrogens (primary N) is 1. The lowest BCUT2D eigenvalue weighted by atomic mass is 9.72. The summed E-state index contributed by atoms with van der Waals surface area (Å²) in [6.07, 6.45) is 3.38. The third kappa shape index (κ3) is 6.63. The van der Waals surface area contributed by atoms with Crippen LogP contribution in [0.15, 0.2) is 0 Å². The largest absolute Gasteiger partial charge is 0.330 e. The molecule has 0 aromatic rings. The first-order chi connectivity index (χ1) is 6.33. The predicted molar refractivity (Wildman–Crippen MR) is 64.3 cm³/mol. The fraction of sp³-hybridized carbons (Fsp3) is 1.00. The second kappa shape index (κ2) is 5.94. The number of hydrogen-bond donors (Lipinski definition) is 2. The molecule has 0 spiro atoms. The van der Waals surface area contributed by atoms with Gasteiger partial charge in [0.1, 0.15) is 0 Å². The molecule has 0 amide bonds. The topological polar surface area (TPSA) is 38.0 Å². The van der Waals surface area contributed by atoms with E-state index in [4.69, 9.17) is 17.5 Å². The van der Waals surface area contributed by atoms with Gasteiger partial charge in [-0.25, -0.2) is 4.84 Å². The second-order valence-corrected chi connectivity index (χ2v) is 5.94. The van der Waals surface area contributed by atoms with Crippen molar-refractivity contribution in [2.45, 2.75) is 47.0 Å². The number of nitrogens with one attached hydrogen (secondary N) is 1. The average Bonchev–Trinajstić information content (AvgIpc) is 1.98. The summed E-state index contributed by atoms with van der Waals surface area (Å²) in [5.41, 5.74) is 6.27. The lowest BCUT2D eigenvalue weighted by Crippen LogP contribution is -2.27. The van der Waals surface area contributed by atoms with Gasteiger partial charge in [-0.15, -0.1) is 0 Å². The van der Waals surface area contributed by atoms with Gasteiger partial charge in [0.05, 0.1) is 0 Å². The van der Waals surface area contributed by atoms with Crippen LogP contribution in [-0.4, -0.2) is 13.1 Å². The van der Waals surface area contributed by atoms with E-state index in [1.807, 2.05) is 0 Å². The van der Waals surface area contributed by atoms with Crippen molar-refractivity contribution in [3.8, 4) is 0 Å². The number of halogens is 1. The monoisotopic (exact) mass is 220 g/mol. The fourth-order valence-electron chi connectivity index (χ4n) is 2.25. The minimum atomic E-state index is 0.334. The fourth-order valence-corrected chi connectivity index (χ4v) is 2.34. The first kappa shape index (κ1) is 14.2. The van der Waals surface area contributed by atoms with Crippen molar-refractivity contribution in [2.75, 3.05) is 13.1 Å². The number of hydrogen-bond acceptors (Lipinski definition) is 2. The summed E-state index contributed by atoms with van der Waals surface area (Å²) < 4.78 is 0. The van der Waals surface area contributed by atoms with E-state index in [-0.39, 0.29) is 0 Å². The van der Waals surface area contributed by atoms with Crippen LogP contribution < -0.4 is 10.6 Å². The molecule has 3 heteroatoms. The molecule has 0 unspecified atom stereocenters. The molecular formula is C11H25ClN2. The van der Waals surface area contributed by atoms with E-state index in [2.05, 4.69) is 32.5 Å².